The molecule has 0 saturated carbocycles. The molecule has 1 N–H and O–H groups in total. The van der Waals surface area contributed by atoms with Crippen LogP contribution in [0.15, 0.2) is 11.8 Å². The van der Waals surface area contributed by atoms with Crippen LogP contribution in [0.4, 0.5) is 0 Å². The van der Waals surface area contributed by atoms with Gasteiger partial charge in [0.1, 0.15) is 0 Å². The van der Waals surface area contributed by atoms with Crippen LogP contribution in [-0.2, 0) is 0 Å². The first-order valence-corrected chi connectivity index (χ1v) is 2.40. The van der Waals surface area contributed by atoms with Crippen LogP contribution < -0.4 is 5.43 Å². The van der Waals surface area contributed by atoms with Gasteiger partial charge in [-0.2, -0.15) is 5.26 Å². The summed E-state index contributed by atoms with van der Waals surface area (Å²) in [5.41, 5.74) is 3.72. The Hall–Kier alpha value is -1.01. The van der Waals surface area contributed by atoms with Crippen LogP contribution >= 0.6 is 0 Å². The molecule has 0 aromatic carbocycles. The van der Waals surface area contributed by atoms with Gasteiger partial charge in [-0.25, -0.2) is 5.43 Å². The van der Waals surface area contributed by atoms with Gasteiger partial charge in [-0.05, 0) is 0 Å². The minimum absolute atomic E-state index is 0.674. The van der Waals surface area contributed by atoms with Crippen LogP contribution in [0.5, 0.6) is 0 Å². The van der Waals surface area contributed by atoms with Crippen molar-refractivity contribution in [2.24, 2.45) is 0 Å². The molecule has 3 heteroatoms. The van der Waals surface area contributed by atoms with Crippen molar-refractivity contribution in [2.45, 2.75) is 0 Å². The molecular formula is C5H7N3. The molecule has 0 saturated heterocycles. The fraction of sp³-hybridized carbons (Fsp3) is 0.400. The van der Waals surface area contributed by atoms with Crippen molar-refractivity contribution >= 4 is 0 Å². The largest absolute Gasteiger partial charge is 0.317 e. The molecule has 0 spiro atoms. The molecule has 0 aromatic rings. The van der Waals surface area contributed by atoms with E-state index in [1.807, 2.05) is 7.05 Å². The van der Waals surface area contributed by atoms with E-state index in [2.05, 4.69) is 11.5 Å². The monoisotopic (exact) mass is 109 g/mol. The molecule has 0 aromatic heterocycles. The second kappa shape index (κ2) is 1.85. The van der Waals surface area contributed by atoms with E-state index in [1.54, 1.807) is 11.2 Å². The van der Waals surface area contributed by atoms with Crippen LogP contribution in [0, 0.1) is 11.3 Å². The molecule has 0 atom stereocenters. The molecule has 1 rings (SSSR count). The fourth-order valence-electron chi connectivity index (χ4n) is 0.603. The summed E-state index contributed by atoms with van der Waals surface area (Å²) in [5, 5.41) is 10.1. The molecule has 8 heavy (non-hydrogen) atoms. The van der Waals surface area contributed by atoms with Gasteiger partial charge in [0.15, 0.2) is 0 Å². The highest BCUT2D eigenvalue weighted by atomic mass is 15.5. The lowest BCUT2D eigenvalue weighted by Gasteiger charge is -2.04. The third-order valence-electron chi connectivity index (χ3n) is 1.01. The lowest BCUT2D eigenvalue weighted by molar-refractivity contribution is 0.374. The smallest absolute Gasteiger partial charge is 0.0977 e. The molecule has 1 aliphatic heterocycles. The molecule has 1 aliphatic rings. The number of nitrogens with one attached hydrogen (secondary N) is 1. The van der Waals surface area contributed by atoms with E-state index in [0.717, 1.165) is 5.57 Å². The highest BCUT2D eigenvalue weighted by Gasteiger charge is 2.04. The third kappa shape index (κ3) is 0.796. The Morgan fingerprint density at radius 3 is 3.00 bits per heavy atom. The zero-order valence-electron chi connectivity index (χ0n) is 4.68. The highest BCUT2D eigenvalue weighted by Crippen LogP contribution is 1.97. The molecule has 0 amide bonds. The molecule has 1 heterocycles. The van der Waals surface area contributed by atoms with Crippen molar-refractivity contribution in [3.8, 4) is 6.07 Å². The fourth-order valence-corrected chi connectivity index (χ4v) is 0.603. The minimum Gasteiger partial charge on any atom is -0.317 e. The quantitative estimate of drug-likeness (QED) is 0.470. The van der Waals surface area contributed by atoms with Gasteiger partial charge in [0.2, 0.25) is 0 Å². The predicted molar refractivity (Wildman–Crippen MR) is 29.5 cm³/mol. The van der Waals surface area contributed by atoms with E-state index < -0.39 is 0 Å². The number of hydrazine groups is 1. The van der Waals surface area contributed by atoms with E-state index in [-0.39, 0.29) is 0 Å². The molecular weight excluding hydrogens is 102 g/mol. The first-order chi connectivity index (χ1) is 3.83. The Bertz CT molecular complexity index is 154. The van der Waals surface area contributed by atoms with Crippen molar-refractivity contribution < 1.29 is 0 Å². The Kier molecular flexibility index (Phi) is 1.18. The summed E-state index contributed by atoms with van der Waals surface area (Å²) in [4.78, 5) is 0. The maximum absolute atomic E-state index is 8.30. The number of hydrogen-bond donors (Lipinski definition) is 1. The van der Waals surface area contributed by atoms with Crippen molar-refractivity contribution in [3.63, 3.8) is 0 Å². The van der Waals surface area contributed by atoms with Gasteiger partial charge in [-0.3, -0.25) is 0 Å². The summed E-state index contributed by atoms with van der Waals surface area (Å²) in [6.45, 7) is 0.674. The van der Waals surface area contributed by atoms with Crippen molar-refractivity contribution in [1.82, 2.24) is 10.4 Å². The van der Waals surface area contributed by atoms with E-state index >= 15 is 0 Å². The molecule has 0 fully saturated rings. The van der Waals surface area contributed by atoms with Gasteiger partial charge >= 0.3 is 0 Å². The summed E-state index contributed by atoms with van der Waals surface area (Å²) in [7, 11) is 1.87. The summed E-state index contributed by atoms with van der Waals surface area (Å²) in [6.07, 6.45) is 1.78. The van der Waals surface area contributed by atoms with Crippen molar-refractivity contribution in [1.29, 1.82) is 5.26 Å². The van der Waals surface area contributed by atoms with Crippen molar-refractivity contribution in [3.05, 3.63) is 11.8 Å². The number of rotatable bonds is 0. The van der Waals surface area contributed by atoms with Crippen LogP contribution in [0.2, 0.25) is 0 Å². The van der Waals surface area contributed by atoms with E-state index in [4.69, 9.17) is 5.26 Å². The molecule has 0 radical (unpaired) electrons. The van der Waals surface area contributed by atoms with Gasteiger partial charge in [-0.15, -0.1) is 0 Å². The third-order valence-corrected chi connectivity index (χ3v) is 1.01. The Morgan fingerprint density at radius 1 is 2.00 bits per heavy atom. The van der Waals surface area contributed by atoms with Crippen LogP contribution in [0.25, 0.3) is 0 Å². The predicted octanol–water partition coefficient (Wildman–Crippen LogP) is -0.156. The van der Waals surface area contributed by atoms with Gasteiger partial charge in [0, 0.05) is 13.2 Å². The van der Waals surface area contributed by atoms with Gasteiger partial charge < -0.3 is 5.01 Å². The molecule has 3 nitrogen and oxygen atoms in total. The lowest BCUT2D eigenvalue weighted by atomic mass is 10.3. The average Bonchev–Trinajstić information content (AvgIpc) is 2.14. The normalized spacial score (nSPS) is 18.0. The molecule has 0 bridgehead atoms. The van der Waals surface area contributed by atoms with Crippen LogP contribution in [-0.4, -0.2) is 18.6 Å². The Morgan fingerprint density at radius 2 is 2.75 bits per heavy atom. The maximum Gasteiger partial charge on any atom is 0.0977 e. The van der Waals surface area contributed by atoms with Gasteiger partial charge in [0.25, 0.3) is 0 Å². The number of hydrogen-bond acceptors (Lipinski definition) is 3. The first-order valence-electron chi connectivity index (χ1n) is 2.40. The zero-order chi connectivity index (χ0) is 5.98. The maximum atomic E-state index is 8.30. The highest BCUT2D eigenvalue weighted by molar-refractivity contribution is 5.23. The SMILES string of the molecule is CN1C=C(C#N)CN1. The van der Waals surface area contributed by atoms with E-state index in [9.17, 15) is 0 Å². The summed E-state index contributed by atoms with van der Waals surface area (Å²) < 4.78 is 0. The first kappa shape index (κ1) is 5.13. The van der Waals surface area contributed by atoms with Crippen LogP contribution in [0.1, 0.15) is 0 Å². The van der Waals surface area contributed by atoms with E-state index in [0.29, 0.717) is 6.54 Å². The summed E-state index contributed by atoms with van der Waals surface area (Å²) in [6, 6.07) is 2.05. The number of nitriles is 1. The van der Waals surface area contributed by atoms with Gasteiger partial charge in [0.05, 0.1) is 18.2 Å². The van der Waals surface area contributed by atoms with E-state index in [1.165, 1.54) is 0 Å². The van der Waals surface area contributed by atoms with Gasteiger partial charge in [-0.1, -0.05) is 0 Å². The standard InChI is InChI=1S/C5H7N3/c1-8-4-5(2-6)3-7-8/h4,7H,3H2,1H3. The average molecular weight is 109 g/mol. The van der Waals surface area contributed by atoms with Crippen molar-refractivity contribution in [2.75, 3.05) is 13.6 Å². The Balaban J connectivity index is 2.61. The zero-order valence-corrected chi connectivity index (χ0v) is 4.68. The second-order valence-electron chi connectivity index (χ2n) is 1.71. The molecule has 42 valence electrons. The summed E-state index contributed by atoms with van der Waals surface area (Å²) in [5.74, 6) is 0. The molecule has 0 aliphatic carbocycles. The lowest BCUT2D eigenvalue weighted by Crippen LogP contribution is -2.23. The second-order valence-corrected chi connectivity index (χ2v) is 1.71. The minimum atomic E-state index is 0.674. The Labute approximate surface area is 48.2 Å². The summed E-state index contributed by atoms with van der Waals surface area (Å²) >= 11 is 0. The van der Waals surface area contributed by atoms with Crippen LogP contribution in [0.3, 0.4) is 0 Å². The topological polar surface area (TPSA) is 39.1 Å². The molecule has 0 unspecified atom stereocenters. The number of nitrogens with zero attached hydrogens (tertiary/aromatic N) is 2.